The lowest BCUT2D eigenvalue weighted by atomic mass is 10.3. The number of nitrogens with zero attached hydrogens (tertiary/aromatic N) is 1. The van der Waals surface area contributed by atoms with Crippen molar-refractivity contribution in [2.45, 2.75) is 11.4 Å². The van der Waals surface area contributed by atoms with Crippen LogP contribution in [0.15, 0.2) is 47.6 Å². The van der Waals surface area contributed by atoms with Crippen LogP contribution in [0.3, 0.4) is 0 Å². The van der Waals surface area contributed by atoms with Gasteiger partial charge in [-0.1, -0.05) is 6.07 Å². The molecule has 20 heavy (non-hydrogen) atoms. The highest BCUT2D eigenvalue weighted by molar-refractivity contribution is 7.99. The van der Waals surface area contributed by atoms with Gasteiger partial charge in [-0.15, -0.1) is 11.8 Å². The lowest BCUT2D eigenvalue weighted by molar-refractivity contribution is -0.115. The fourth-order valence-corrected chi connectivity index (χ4v) is 2.31. The largest absolute Gasteiger partial charge is 0.508 e. The normalized spacial score (nSPS) is 10.2. The SMILES string of the molecule is O=C(CCSc1ccccn1)Nc1ccc(O)cc1F. The summed E-state index contributed by atoms with van der Waals surface area (Å²) in [5.74, 6) is -0.553. The molecular weight excluding hydrogens is 279 g/mol. The standard InChI is InChI=1S/C14H13FN2O2S/c15-11-9-10(18)4-5-12(11)17-13(19)6-8-20-14-3-1-2-7-16-14/h1-5,7,9,18H,6,8H2,(H,17,19). The number of aromatic nitrogens is 1. The monoisotopic (exact) mass is 292 g/mol. The number of thioether (sulfide) groups is 1. The van der Waals surface area contributed by atoms with Gasteiger partial charge < -0.3 is 10.4 Å². The highest BCUT2D eigenvalue weighted by Gasteiger charge is 2.08. The van der Waals surface area contributed by atoms with E-state index in [-0.39, 0.29) is 23.8 Å². The summed E-state index contributed by atoms with van der Waals surface area (Å²) in [6.45, 7) is 0. The third kappa shape index (κ3) is 4.24. The Bertz CT molecular complexity index is 593. The van der Waals surface area contributed by atoms with E-state index in [0.29, 0.717) is 5.75 Å². The second-order valence-electron chi connectivity index (χ2n) is 3.98. The third-order valence-corrected chi connectivity index (χ3v) is 3.39. The summed E-state index contributed by atoms with van der Waals surface area (Å²) in [6, 6.07) is 9.17. The average molecular weight is 292 g/mol. The van der Waals surface area contributed by atoms with Gasteiger partial charge in [0.1, 0.15) is 11.6 Å². The molecule has 104 valence electrons. The van der Waals surface area contributed by atoms with Crippen molar-refractivity contribution in [3.8, 4) is 5.75 Å². The number of phenols is 1. The van der Waals surface area contributed by atoms with E-state index in [0.717, 1.165) is 11.1 Å². The van der Waals surface area contributed by atoms with E-state index in [4.69, 9.17) is 5.11 Å². The van der Waals surface area contributed by atoms with Crippen molar-refractivity contribution in [2.75, 3.05) is 11.1 Å². The number of anilines is 1. The number of carbonyl (C=O) groups is 1. The van der Waals surface area contributed by atoms with E-state index in [9.17, 15) is 9.18 Å². The van der Waals surface area contributed by atoms with Crippen molar-refractivity contribution >= 4 is 23.4 Å². The summed E-state index contributed by atoms with van der Waals surface area (Å²) in [7, 11) is 0. The molecule has 2 rings (SSSR count). The van der Waals surface area contributed by atoms with Crippen LogP contribution in [0.2, 0.25) is 0 Å². The zero-order valence-corrected chi connectivity index (χ0v) is 11.4. The quantitative estimate of drug-likeness (QED) is 0.657. The number of pyridine rings is 1. The van der Waals surface area contributed by atoms with E-state index in [2.05, 4.69) is 10.3 Å². The molecule has 0 radical (unpaired) electrons. The topological polar surface area (TPSA) is 62.2 Å². The van der Waals surface area contributed by atoms with Gasteiger partial charge in [0.2, 0.25) is 5.91 Å². The molecule has 1 amide bonds. The Hall–Kier alpha value is -2.08. The molecule has 0 atom stereocenters. The number of benzene rings is 1. The summed E-state index contributed by atoms with van der Waals surface area (Å²) in [4.78, 5) is 15.8. The number of amides is 1. The Morgan fingerprint density at radius 1 is 1.35 bits per heavy atom. The summed E-state index contributed by atoms with van der Waals surface area (Å²) in [5, 5.41) is 12.4. The minimum absolute atomic E-state index is 0.0654. The first-order valence-corrected chi connectivity index (χ1v) is 6.96. The Balaban J connectivity index is 1.81. The van der Waals surface area contributed by atoms with E-state index >= 15 is 0 Å². The van der Waals surface area contributed by atoms with Crippen LogP contribution in [0.1, 0.15) is 6.42 Å². The van der Waals surface area contributed by atoms with Crippen LogP contribution in [0.4, 0.5) is 10.1 Å². The molecule has 0 spiro atoms. The van der Waals surface area contributed by atoms with Gasteiger partial charge in [0.15, 0.2) is 0 Å². The zero-order valence-electron chi connectivity index (χ0n) is 10.5. The molecule has 0 aliphatic rings. The maximum absolute atomic E-state index is 13.4. The maximum Gasteiger partial charge on any atom is 0.225 e. The molecule has 0 unspecified atom stereocenters. The molecule has 0 saturated carbocycles. The van der Waals surface area contributed by atoms with Crippen LogP contribution in [0.5, 0.6) is 5.75 Å². The highest BCUT2D eigenvalue weighted by Crippen LogP contribution is 2.20. The predicted molar refractivity (Wildman–Crippen MR) is 76.3 cm³/mol. The van der Waals surface area contributed by atoms with Crippen LogP contribution < -0.4 is 5.32 Å². The minimum atomic E-state index is -0.657. The Kier molecular flexibility index (Phi) is 4.95. The molecule has 2 aromatic rings. The lowest BCUT2D eigenvalue weighted by Crippen LogP contribution is -2.13. The molecule has 0 fully saturated rings. The zero-order chi connectivity index (χ0) is 14.4. The Morgan fingerprint density at radius 3 is 2.90 bits per heavy atom. The van der Waals surface area contributed by atoms with E-state index in [1.54, 1.807) is 6.20 Å². The molecule has 4 nitrogen and oxygen atoms in total. The van der Waals surface area contributed by atoms with Crippen LogP contribution in [-0.4, -0.2) is 21.8 Å². The van der Waals surface area contributed by atoms with Gasteiger partial charge in [0.05, 0.1) is 10.7 Å². The second kappa shape index (κ2) is 6.91. The fraction of sp³-hybridized carbons (Fsp3) is 0.143. The van der Waals surface area contributed by atoms with Crippen molar-refractivity contribution in [3.63, 3.8) is 0 Å². The highest BCUT2D eigenvalue weighted by atomic mass is 32.2. The first-order valence-electron chi connectivity index (χ1n) is 5.97. The average Bonchev–Trinajstić information content (AvgIpc) is 2.43. The molecule has 0 aliphatic carbocycles. The molecule has 2 N–H and O–H groups in total. The van der Waals surface area contributed by atoms with Crippen molar-refractivity contribution in [2.24, 2.45) is 0 Å². The predicted octanol–water partition coefficient (Wildman–Crippen LogP) is 3.05. The number of phenolic OH excluding ortho intramolecular Hbond substituents is 1. The molecule has 0 bridgehead atoms. The van der Waals surface area contributed by atoms with Crippen molar-refractivity contribution in [1.82, 2.24) is 4.98 Å². The van der Waals surface area contributed by atoms with Crippen molar-refractivity contribution in [1.29, 1.82) is 0 Å². The number of nitrogens with one attached hydrogen (secondary N) is 1. The number of hydrogen-bond donors (Lipinski definition) is 2. The molecule has 0 saturated heterocycles. The van der Waals surface area contributed by atoms with E-state index in [1.807, 2.05) is 18.2 Å². The van der Waals surface area contributed by atoms with Crippen molar-refractivity contribution in [3.05, 3.63) is 48.4 Å². The molecule has 6 heteroatoms. The van der Waals surface area contributed by atoms with Crippen LogP contribution in [0, 0.1) is 5.82 Å². The first-order chi connectivity index (χ1) is 9.65. The van der Waals surface area contributed by atoms with Gasteiger partial charge in [0.25, 0.3) is 0 Å². The van der Waals surface area contributed by atoms with Gasteiger partial charge in [0, 0.05) is 24.4 Å². The summed E-state index contributed by atoms with van der Waals surface area (Å²) >= 11 is 1.46. The number of carbonyl (C=O) groups excluding carboxylic acids is 1. The van der Waals surface area contributed by atoms with Gasteiger partial charge in [-0.2, -0.15) is 0 Å². The molecule has 0 aliphatic heterocycles. The Morgan fingerprint density at radius 2 is 2.20 bits per heavy atom. The van der Waals surface area contributed by atoms with Gasteiger partial charge in [-0.3, -0.25) is 4.79 Å². The fourth-order valence-electron chi connectivity index (χ4n) is 1.50. The Labute approximate surface area is 120 Å². The van der Waals surface area contributed by atoms with Crippen LogP contribution >= 0.6 is 11.8 Å². The number of aromatic hydroxyl groups is 1. The maximum atomic E-state index is 13.4. The second-order valence-corrected chi connectivity index (χ2v) is 5.09. The smallest absolute Gasteiger partial charge is 0.225 e. The summed E-state index contributed by atoms with van der Waals surface area (Å²) < 4.78 is 13.4. The van der Waals surface area contributed by atoms with Crippen LogP contribution in [0.25, 0.3) is 0 Å². The lowest BCUT2D eigenvalue weighted by Gasteiger charge is -2.06. The van der Waals surface area contributed by atoms with Crippen molar-refractivity contribution < 1.29 is 14.3 Å². The van der Waals surface area contributed by atoms with Gasteiger partial charge >= 0.3 is 0 Å². The van der Waals surface area contributed by atoms with Gasteiger partial charge in [-0.25, -0.2) is 9.37 Å². The number of halogens is 1. The third-order valence-electron chi connectivity index (χ3n) is 2.44. The van der Waals surface area contributed by atoms with E-state index in [1.165, 1.54) is 23.9 Å². The van der Waals surface area contributed by atoms with Crippen LogP contribution in [-0.2, 0) is 4.79 Å². The van der Waals surface area contributed by atoms with Gasteiger partial charge in [-0.05, 0) is 24.3 Å². The molecular formula is C14H13FN2O2S. The summed E-state index contributed by atoms with van der Waals surface area (Å²) in [6.07, 6.45) is 1.94. The molecule has 1 heterocycles. The number of hydrogen-bond acceptors (Lipinski definition) is 4. The molecule has 1 aromatic carbocycles. The molecule has 1 aromatic heterocycles. The first kappa shape index (κ1) is 14.3. The summed E-state index contributed by atoms with van der Waals surface area (Å²) in [5.41, 5.74) is 0.0654. The van der Waals surface area contributed by atoms with E-state index < -0.39 is 5.82 Å². The number of rotatable bonds is 5. The minimum Gasteiger partial charge on any atom is -0.508 e.